The Kier molecular flexibility index (Phi) is 4.49. The first-order valence-electron chi connectivity index (χ1n) is 10.7. The number of likely N-dealkylation sites (tertiary alicyclic amines) is 1. The summed E-state index contributed by atoms with van der Waals surface area (Å²) in [6.45, 7) is 8.48. The van der Waals surface area contributed by atoms with Gasteiger partial charge in [-0.2, -0.15) is 0 Å². The Morgan fingerprint density at radius 2 is 2.20 bits per heavy atom. The average molecular weight is 405 g/mol. The Hall–Kier alpha value is -2.96. The lowest BCUT2D eigenvalue weighted by Gasteiger charge is -2.29. The summed E-state index contributed by atoms with van der Waals surface area (Å²) in [5.74, 6) is 2.33. The van der Waals surface area contributed by atoms with E-state index in [1.807, 2.05) is 30.9 Å². The van der Waals surface area contributed by atoms with Crippen LogP contribution in [0.1, 0.15) is 46.8 Å². The molecule has 0 unspecified atom stereocenters. The SMILES string of the molecule is Cc1nc(C)c(C)c(NC[C@]23CCC[C@H]2CN(C(=O)c2cc4cnccc4[nH]2)C3)n1. The first-order valence-corrected chi connectivity index (χ1v) is 10.7. The minimum absolute atomic E-state index is 0.0879. The van der Waals surface area contributed by atoms with Crippen molar-refractivity contribution in [2.45, 2.75) is 40.0 Å². The van der Waals surface area contributed by atoms with Crippen LogP contribution in [0.25, 0.3) is 10.9 Å². The molecular formula is C23H28N6O. The molecule has 2 aliphatic rings. The molecule has 1 aliphatic heterocycles. The zero-order valence-electron chi connectivity index (χ0n) is 17.8. The van der Waals surface area contributed by atoms with Crippen LogP contribution < -0.4 is 5.32 Å². The maximum atomic E-state index is 13.2. The highest BCUT2D eigenvalue weighted by Gasteiger charge is 2.50. The average Bonchev–Trinajstić information content (AvgIpc) is 3.40. The summed E-state index contributed by atoms with van der Waals surface area (Å²) in [6, 6.07) is 3.82. The number of carbonyl (C=O) groups excluding carboxylic acids is 1. The second-order valence-corrected chi connectivity index (χ2v) is 8.97. The summed E-state index contributed by atoms with van der Waals surface area (Å²) in [5, 5.41) is 4.59. The van der Waals surface area contributed by atoms with Crippen LogP contribution >= 0.6 is 0 Å². The minimum atomic E-state index is 0.0879. The maximum Gasteiger partial charge on any atom is 0.270 e. The van der Waals surface area contributed by atoms with Crippen molar-refractivity contribution in [3.63, 3.8) is 0 Å². The lowest BCUT2D eigenvalue weighted by molar-refractivity contribution is 0.0766. The molecule has 3 aromatic heterocycles. The molecule has 3 aromatic rings. The van der Waals surface area contributed by atoms with Gasteiger partial charge in [-0.15, -0.1) is 0 Å². The van der Waals surface area contributed by atoms with Gasteiger partial charge in [0.25, 0.3) is 5.91 Å². The molecule has 156 valence electrons. The van der Waals surface area contributed by atoms with Crippen molar-refractivity contribution in [1.29, 1.82) is 0 Å². The van der Waals surface area contributed by atoms with Gasteiger partial charge in [-0.1, -0.05) is 6.42 Å². The Morgan fingerprint density at radius 3 is 3.03 bits per heavy atom. The number of nitrogens with zero attached hydrogens (tertiary/aromatic N) is 4. The monoisotopic (exact) mass is 404 g/mol. The molecule has 7 heteroatoms. The van der Waals surface area contributed by atoms with Gasteiger partial charge in [0.1, 0.15) is 17.3 Å². The predicted molar refractivity (Wildman–Crippen MR) is 117 cm³/mol. The van der Waals surface area contributed by atoms with E-state index >= 15 is 0 Å². The van der Waals surface area contributed by atoms with Gasteiger partial charge in [-0.25, -0.2) is 9.97 Å². The van der Waals surface area contributed by atoms with Crippen LogP contribution in [0, 0.1) is 32.1 Å². The smallest absolute Gasteiger partial charge is 0.270 e. The molecule has 0 bridgehead atoms. The molecular weight excluding hydrogens is 376 g/mol. The minimum Gasteiger partial charge on any atom is -0.369 e. The number of anilines is 1. The lowest BCUT2D eigenvalue weighted by atomic mass is 9.80. The Bertz CT molecular complexity index is 1090. The van der Waals surface area contributed by atoms with E-state index in [-0.39, 0.29) is 11.3 Å². The van der Waals surface area contributed by atoms with Gasteiger partial charge in [-0.05, 0) is 51.7 Å². The number of nitrogens with one attached hydrogen (secondary N) is 2. The number of amides is 1. The van der Waals surface area contributed by atoms with E-state index in [9.17, 15) is 4.79 Å². The van der Waals surface area contributed by atoms with Crippen molar-refractivity contribution < 1.29 is 4.79 Å². The Morgan fingerprint density at radius 1 is 1.33 bits per heavy atom. The number of aryl methyl sites for hydroxylation is 2. The highest BCUT2D eigenvalue weighted by molar-refractivity contribution is 5.98. The van der Waals surface area contributed by atoms with Crippen LogP contribution in [0.15, 0.2) is 24.5 Å². The van der Waals surface area contributed by atoms with Gasteiger partial charge in [0.2, 0.25) is 0 Å². The van der Waals surface area contributed by atoms with Crippen molar-refractivity contribution in [2.24, 2.45) is 11.3 Å². The fraction of sp³-hybridized carbons (Fsp3) is 0.478. The zero-order chi connectivity index (χ0) is 20.9. The summed E-state index contributed by atoms with van der Waals surface area (Å²) < 4.78 is 0. The third kappa shape index (κ3) is 3.13. The molecule has 1 saturated carbocycles. The number of aromatic amines is 1. The Labute approximate surface area is 176 Å². The van der Waals surface area contributed by atoms with Crippen LogP contribution in [0.2, 0.25) is 0 Å². The number of H-pyrrole nitrogens is 1. The second kappa shape index (κ2) is 7.07. The van der Waals surface area contributed by atoms with Crippen molar-refractivity contribution in [3.05, 3.63) is 47.3 Å². The van der Waals surface area contributed by atoms with E-state index in [1.54, 1.807) is 12.4 Å². The van der Waals surface area contributed by atoms with Crippen molar-refractivity contribution >= 4 is 22.6 Å². The molecule has 30 heavy (non-hydrogen) atoms. The van der Waals surface area contributed by atoms with E-state index in [2.05, 4.69) is 32.2 Å². The Balaban J connectivity index is 1.35. The molecule has 2 N–H and O–H groups in total. The molecule has 2 atom stereocenters. The summed E-state index contributed by atoms with van der Waals surface area (Å²) in [7, 11) is 0. The maximum absolute atomic E-state index is 13.2. The molecule has 0 radical (unpaired) electrons. The fourth-order valence-corrected chi connectivity index (χ4v) is 5.32. The van der Waals surface area contributed by atoms with Crippen molar-refractivity contribution in [1.82, 2.24) is 24.8 Å². The van der Waals surface area contributed by atoms with Crippen LogP contribution in [-0.2, 0) is 0 Å². The molecule has 1 aliphatic carbocycles. The molecule has 1 saturated heterocycles. The molecule has 4 heterocycles. The predicted octanol–water partition coefficient (Wildman–Crippen LogP) is 3.63. The first kappa shape index (κ1) is 19.0. The van der Waals surface area contributed by atoms with Crippen LogP contribution in [0.5, 0.6) is 0 Å². The van der Waals surface area contributed by atoms with E-state index in [0.717, 1.165) is 59.9 Å². The largest absolute Gasteiger partial charge is 0.369 e. The highest BCUT2D eigenvalue weighted by atomic mass is 16.2. The van der Waals surface area contributed by atoms with Crippen LogP contribution in [0.3, 0.4) is 0 Å². The van der Waals surface area contributed by atoms with E-state index in [4.69, 9.17) is 0 Å². The number of hydrogen-bond donors (Lipinski definition) is 2. The van der Waals surface area contributed by atoms with Crippen molar-refractivity contribution in [2.75, 3.05) is 25.0 Å². The molecule has 2 fully saturated rings. The topological polar surface area (TPSA) is 86.8 Å². The normalized spacial score (nSPS) is 23.2. The molecule has 5 rings (SSSR count). The number of rotatable bonds is 4. The van der Waals surface area contributed by atoms with E-state index in [1.165, 1.54) is 12.8 Å². The van der Waals surface area contributed by atoms with Gasteiger partial charge in [-0.3, -0.25) is 9.78 Å². The van der Waals surface area contributed by atoms with Crippen molar-refractivity contribution in [3.8, 4) is 0 Å². The van der Waals surface area contributed by atoms with E-state index in [0.29, 0.717) is 11.6 Å². The number of fused-ring (bicyclic) bond motifs is 2. The summed E-state index contributed by atoms with van der Waals surface area (Å²) in [5.41, 5.74) is 3.84. The van der Waals surface area contributed by atoms with Gasteiger partial charge >= 0.3 is 0 Å². The number of carbonyl (C=O) groups is 1. The van der Waals surface area contributed by atoms with Crippen LogP contribution in [-0.4, -0.2) is 50.4 Å². The molecule has 0 aromatic carbocycles. The standard InChI is InChI=1S/C23H28N6O/c1-14-15(2)26-16(3)27-21(14)25-12-23-7-4-5-18(23)11-29(13-23)22(30)20-9-17-10-24-8-6-19(17)28-20/h6,8-10,18,28H,4-5,7,11-13H2,1-3H3,(H,25,26,27)/t18-,23-/m0/s1. The second-order valence-electron chi connectivity index (χ2n) is 8.97. The number of hydrogen-bond acceptors (Lipinski definition) is 5. The van der Waals surface area contributed by atoms with E-state index < -0.39 is 0 Å². The third-order valence-corrected chi connectivity index (χ3v) is 7.09. The first-order chi connectivity index (χ1) is 14.4. The van der Waals surface area contributed by atoms with Gasteiger partial charge in [0.05, 0.1) is 0 Å². The molecule has 0 spiro atoms. The van der Waals surface area contributed by atoms with Crippen LogP contribution in [0.4, 0.5) is 5.82 Å². The number of aromatic nitrogens is 4. The van der Waals surface area contributed by atoms with Gasteiger partial charge in [0.15, 0.2) is 0 Å². The third-order valence-electron chi connectivity index (χ3n) is 7.09. The van der Waals surface area contributed by atoms with Gasteiger partial charge < -0.3 is 15.2 Å². The lowest BCUT2D eigenvalue weighted by Crippen LogP contribution is -2.36. The molecule has 1 amide bonds. The summed E-state index contributed by atoms with van der Waals surface area (Å²) in [6.07, 6.45) is 7.09. The van der Waals surface area contributed by atoms with Gasteiger partial charge in [0, 0.05) is 59.6 Å². The quantitative estimate of drug-likeness (QED) is 0.693. The zero-order valence-corrected chi connectivity index (χ0v) is 17.8. The number of pyridine rings is 1. The fourth-order valence-electron chi connectivity index (χ4n) is 5.32. The molecule has 7 nitrogen and oxygen atoms in total. The highest BCUT2D eigenvalue weighted by Crippen LogP contribution is 2.49. The summed E-state index contributed by atoms with van der Waals surface area (Å²) in [4.78, 5) is 31.8. The summed E-state index contributed by atoms with van der Waals surface area (Å²) >= 11 is 0.